The average molecular weight is 414 g/mol. The van der Waals surface area contributed by atoms with Gasteiger partial charge in [-0.3, -0.25) is 4.79 Å². The van der Waals surface area contributed by atoms with E-state index in [0.29, 0.717) is 5.75 Å². The molecule has 4 nitrogen and oxygen atoms in total. The van der Waals surface area contributed by atoms with Crippen molar-refractivity contribution in [2.45, 2.75) is 31.5 Å². The Morgan fingerprint density at radius 3 is 2.54 bits per heavy atom. The Morgan fingerprint density at radius 1 is 1.25 bits per heavy atom. The Balaban J connectivity index is 2.17. The molecule has 0 saturated carbocycles. The summed E-state index contributed by atoms with van der Waals surface area (Å²) in [7, 11) is 0. The molecule has 0 saturated heterocycles. The Hall–Kier alpha value is -2.25. The molecule has 8 heteroatoms. The molecule has 1 amide bonds. The predicted molar refractivity (Wildman–Crippen MR) is 99.8 cm³/mol. The lowest BCUT2D eigenvalue weighted by molar-refractivity contribution is -0.274. The number of anilines is 1. The summed E-state index contributed by atoms with van der Waals surface area (Å²) in [6.45, 7) is 3.07. The van der Waals surface area contributed by atoms with Gasteiger partial charge in [0, 0.05) is 17.5 Å². The number of hydrogen-bond donors (Lipinski definition) is 1. The lowest BCUT2D eigenvalue weighted by Crippen LogP contribution is -2.47. The molecule has 28 heavy (non-hydrogen) atoms. The fraction of sp³-hybridized carbons (Fsp3) is 0.350. The molecule has 0 fully saturated rings. The van der Waals surface area contributed by atoms with Gasteiger partial charge in [-0.25, -0.2) is 0 Å². The summed E-state index contributed by atoms with van der Waals surface area (Å²) in [5, 5.41) is 11.1. The van der Waals surface area contributed by atoms with E-state index in [4.69, 9.17) is 16.3 Å². The predicted octanol–water partition coefficient (Wildman–Crippen LogP) is 4.64. The maximum atomic E-state index is 14.1. The number of halogens is 4. The maximum Gasteiger partial charge on any atom is 0.422 e. The highest BCUT2D eigenvalue weighted by Crippen LogP contribution is 2.51. The van der Waals surface area contributed by atoms with Crippen LogP contribution in [0.5, 0.6) is 5.75 Å². The SMILES string of the molecule is CCN1C(=O)COc2ccc(C(O)(C(C)c3ccccc3Cl)C(F)(F)F)cc21. The Kier molecular flexibility index (Phi) is 5.34. The lowest BCUT2D eigenvalue weighted by Gasteiger charge is -2.38. The number of alkyl halides is 3. The van der Waals surface area contributed by atoms with Crippen LogP contribution in [0.2, 0.25) is 5.02 Å². The number of hydrogen-bond acceptors (Lipinski definition) is 3. The van der Waals surface area contributed by atoms with Crippen LogP contribution in [0, 0.1) is 0 Å². The van der Waals surface area contributed by atoms with Gasteiger partial charge in [-0.15, -0.1) is 0 Å². The number of rotatable bonds is 4. The number of fused-ring (bicyclic) bond motifs is 1. The van der Waals surface area contributed by atoms with Gasteiger partial charge in [0.15, 0.2) is 12.2 Å². The second-order valence-corrected chi connectivity index (χ2v) is 7.02. The van der Waals surface area contributed by atoms with Crippen molar-refractivity contribution in [3.63, 3.8) is 0 Å². The molecule has 3 rings (SSSR count). The first kappa shape index (κ1) is 20.5. The van der Waals surface area contributed by atoms with Gasteiger partial charge in [0.25, 0.3) is 5.91 Å². The van der Waals surface area contributed by atoms with Gasteiger partial charge in [0.2, 0.25) is 0 Å². The number of amides is 1. The van der Waals surface area contributed by atoms with Crippen molar-refractivity contribution in [1.82, 2.24) is 0 Å². The first-order valence-electron chi connectivity index (χ1n) is 8.72. The van der Waals surface area contributed by atoms with E-state index in [-0.39, 0.29) is 40.9 Å². The fourth-order valence-corrected chi connectivity index (χ4v) is 3.80. The standard InChI is InChI=1S/C20H19ClF3NO3/c1-3-25-16-10-13(8-9-17(16)28-11-18(25)26)19(27,20(22,23)24)12(2)14-6-4-5-7-15(14)21/h4-10,12,27H,3,11H2,1-2H3. The van der Waals surface area contributed by atoms with E-state index in [0.717, 1.165) is 6.07 Å². The zero-order valence-corrected chi connectivity index (χ0v) is 16.0. The quantitative estimate of drug-likeness (QED) is 0.794. The summed E-state index contributed by atoms with van der Waals surface area (Å²) >= 11 is 6.09. The summed E-state index contributed by atoms with van der Waals surface area (Å²) < 4.78 is 47.7. The first-order valence-corrected chi connectivity index (χ1v) is 9.10. The third-order valence-corrected chi connectivity index (χ3v) is 5.43. The lowest BCUT2D eigenvalue weighted by atomic mass is 9.77. The van der Waals surface area contributed by atoms with Gasteiger partial charge < -0.3 is 14.7 Å². The van der Waals surface area contributed by atoms with E-state index in [1.54, 1.807) is 19.1 Å². The molecule has 2 atom stereocenters. The Bertz CT molecular complexity index is 903. The van der Waals surface area contributed by atoms with Crippen LogP contribution in [0.15, 0.2) is 42.5 Å². The van der Waals surface area contributed by atoms with Crippen LogP contribution in [-0.2, 0) is 10.4 Å². The molecule has 0 radical (unpaired) electrons. The van der Waals surface area contributed by atoms with Crippen molar-refractivity contribution in [3.05, 3.63) is 58.6 Å². The Labute approximate surface area is 165 Å². The number of carbonyl (C=O) groups is 1. The molecule has 0 spiro atoms. The molecule has 1 N–H and O–H groups in total. The first-order chi connectivity index (χ1) is 13.1. The van der Waals surface area contributed by atoms with Crippen LogP contribution in [0.3, 0.4) is 0 Å². The van der Waals surface area contributed by atoms with E-state index in [1.807, 2.05) is 0 Å². The molecule has 0 bridgehead atoms. The number of benzene rings is 2. The van der Waals surface area contributed by atoms with Gasteiger partial charge in [-0.1, -0.05) is 42.8 Å². The number of aliphatic hydroxyl groups is 1. The van der Waals surface area contributed by atoms with Crippen LogP contribution in [0.4, 0.5) is 18.9 Å². The molecule has 2 unspecified atom stereocenters. The van der Waals surface area contributed by atoms with Crippen molar-refractivity contribution in [2.75, 3.05) is 18.1 Å². The van der Waals surface area contributed by atoms with E-state index >= 15 is 0 Å². The third-order valence-electron chi connectivity index (χ3n) is 5.09. The molecule has 150 valence electrons. The summed E-state index contributed by atoms with van der Waals surface area (Å²) in [5.41, 5.74) is -3.23. The third kappa shape index (κ3) is 3.22. The highest BCUT2D eigenvalue weighted by molar-refractivity contribution is 6.31. The van der Waals surface area contributed by atoms with E-state index < -0.39 is 17.7 Å². The summed E-state index contributed by atoms with van der Waals surface area (Å²) in [6.07, 6.45) is -4.99. The molecule has 1 aliphatic rings. The average Bonchev–Trinajstić information content (AvgIpc) is 2.65. The van der Waals surface area contributed by atoms with Gasteiger partial charge in [0.05, 0.1) is 5.69 Å². The topological polar surface area (TPSA) is 49.8 Å². The minimum absolute atomic E-state index is 0.129. The largest absolute Gasteiger partial charge is 0.482 e. The van der Waals surface area contributed by atoms with E-state index in [1.165, 1.54) is 36.1 Å². The number of likely N-dealkylation sites (N-methyl/N-ethyl adjacent to an activating group) is 1. The fourth-order valence-electron chi connectivity index (χ4n) is 3.50. The van der Waals surface area contributed by atoms with Crippen LogP contribution in [-0.4, -0.2) is 30.3 Å². The van der Waals surface area contributed by atoms with Crippen molar-refractivity contribution >= 4 is 23.2 Å². The molecular weight excluding hydrogens is 395 g/mol. The van der Waals surface area contributed by atoms with Gasteiger partial charge in [-0.2, -0.15) is 13.2 Å². The normalized spacial score (nSPS) is 17.5. The molecular formula is C20H19ClF3NO3. The van der Waals surface area contributed by atoms with Crippen LogP contribution < -0.4 is 9.64 Å². The van der Waals surface area contributed by atoms with E-state index in [2.05, 4.69) is 0 Å². The molecule has 0 aliphatic carbocycles. The van der Waals surface area contributed by atoms with Crippen molar-refractivity contribution in [1.29, 1.82) is 0 Å². The molecule has 1 aliphatic heterocycles. The molecule has 0 aromatic heterocycles. The highest BCUT2D eigenvalue weighted by Gasteiger charge is 2.59. The summed E-state index contributed by atoms with van der Waals surface area (Å²) in [4.78, 5) is 13.4. The smallest absolute Gasteiger partial charge is 0.422 e. The zero-order chi connectivity index (χ0) is 20.7. The summed E-state index contributed by atoms with van der Waals surface area (Å²) in [5.74, 6) is -1.46. The summed E-state index contributed by atoms with van der Waals surface area (Å²) in [6, 6.07) is 9.77. The van der Waals surface area contributed by atoms with Crippen LogP contribution in [0.1, 0.15) is 30.9 Å². The zero-order valence-electron chi connectivity index (χ0n) is 15.3. The Morgan fingerprint density at radius 2 is 1.93 bits per heavy atom. The van der Waals surface area contributed by atoms with E-state index in [9.17, 15) is 23.1 Å². The van der Waals surface area contributed by atoms with Crippen LogP contribution >= 0.6 is 11.6 Å². The molecule has 2 aromatic rings. The molecule has 2 aromatic carbocycles. The second kappa shape index (κ2) is 7.29. The number of ether oxygens (including phenoxy) is 1. The monoisotopic (exact) mass is 413 g/mol. The van der Waals surface area contributed by atoms with Crippen molar-refractivity contribution < 1.29 is 27.8 Å². The van der Waals surface area contributed by atoms with Crippen LogP contribution in [0.25, 0.3) is 0 Å². The minimum atomic E-state index is -4.99. The number of nitrogens with zero attached hydrogens (tertiary/aromatic N) is 1. The van der Waals surface area contributed by atoms with Gasteiger partial charge in [-0.05, 0) is 36.2 Å². The molecule has 1 heterocycles. The second-order valence-electron chi connectivity index (χ2n) is 6.62. The highest BCUT2D eigenvalue weighted by atomic mass is 35.5. The maximum absolute atomic E-state index is 14.1. The van der Waals surface area contributed by atoms with Gasteiger partial charge >= 0.3 is 6.18 Å². The van der Waals surface area contributed by atoms with Crippen molar-refractivity contribution in [3.8, 4) is 5.75 Å². The number of carbonyl (C=O) groups excluding carboxylic acids is 1. The van der Waals surface area contributed by atoms with Gasteiger partial charge in [0.1, 0.15) is 5.75 Å². The minimum Gasteiger partial charge on any atom is -0.482 e. The van der Waals surface area contributed by atoms with Crippen molar-refractivity contribution in [2.24, 2.45) is 0 Å².